The van der Waals surface area contributed by atoms with Crippen molar-refractivity contribution in [3.05, 3.63) is 75.8 Å². The largest absolute Gasteiger partial charge is 0.477 e. The van der Waals surface area contributed by atoms with Gasteiger partial charge in [-0.05, 0) is 54.2 Å². The lowest BCUT2D eigenvalue weighted by Crippen LogP contribution is -2.02. The number of nitrogens with zero attached hydrogens (tertiary/aromatic N) is 1. The Morgan fingerprint density at radius 2 is 2.00 bits per heavy atom. The van der Waals surface area contributed by atoms with Gasteiger partial charge in [0.25, 0.3) is 0 Å². The van der Waals surface area contributed by atoms with Crippen LogP contribution in [-0.2, 0) is 9.53 Å². The van der Waals surface area contributed by atoms with Crippen LogP contribution >= 0.6 is 23.4 Å². The smallest absolute Gasteiger partial charge is 0.342 e. The fourth-order valence-corrected chi connectivity index (χ4v) is 3.85. The van der Waals surface area contributed by atoms with E-state index in [4.69, 9.17) is 20.8 Å². The number of carboxylic acids is 1. The van der Waals surface area contributed by atoms with Gasteiger partial charge in [-0.15, -0.1) is 0 Å². The number of carbonyl (C=O) groups excluding carboxylic acids is 1. The van der Waals surface area contributed by atoms with Crippen molar-refractivity contribution in [2.75, 3.05) is 7.11 Å². The molecule has 0 aliphatic heterocycles. The number of aliphatic carboxylic acids is 1. The number of halogens is 1. The number of hydrogen-bond acceptors (Lipinski definition) is 6. The van der Waals surface area contributed by atoms with E-state index in [9.17, 15) is 14.7 Å². The Kier molecular flexibility index (Phi) is 5.83. The Hall–Kier alpha value is -3.49. The Labute approximate surface area is 185 Å². The van der Waals surface area contributed by atoms with Crippen LogP contribution < -0.4 is 0 Å². The van der Waals surface area contributed by atoms with Crippen LogP contribution in [0, 0.1) is 0 Å². The lowest BCUT2D eigenvalue weighted by atomic mass is 10.1. The summed E-state index contributed by atoms with van der Waals surface area (Å²) in [7, 11) is 1.27. The number of aromatic amines is 1. The normalized spacial score (nSPS) is 11.6. The molecular formula is C22H15ClN2O5S. The summed E-state index contributed by atoms with van der Waals surface area (Å²) in [6, 6.07) is 15.6. The topological polar surface area (TPSA) is 105 Å². The molecule has 0 aliphatic carbocycles. The number of imidazole rings is 1. The molecule has 0 bridgehead atoms. The molecule has 156 valence electrons. The minimum absolute atomic E-state index is 0.0336. The van der Waals surface area contributed by atoms with Crippen LogP contribution in [-0.4, -0.2) is 34.1 Å². The molecule has 0 atom stereocenters. The van der Waals surface area contributed by atoms with Gasteiger partial charge in [-0.25, -0.2) is 14.6 Å². The molecule has 0 fully saturated rings. The maximum Gasteiger partial charge on any atom is 0.342 e. The third-order valence-corrected chi connectivity index (χ3v) is 5.57. The second-order valence-corrected chi connectivity index (χ2v) is 7.80. The van der Waals surface area contributed by atoms with Crippen LogP contribution in [0.1, 0.15) is 16.1 Å². The molecule has 0 unspecified atom stereocenters. The lowest BCUT2D eigenvalue weighted by Gasteiger charge is -2.04. The summed E-state index contributed by atoms with van der Waals surface area (Å²) in [6.07, 6.45) is 1.42. The summed E-state index contributed by atoms with van der Waals surface area (Å²) in [6.45, 7) is 0. The van der Waals surface area contributed by atoms with Gasteiger partial charge in [0, 0.05) is 11.6 Å². The highest BCUT2D eigenvalue weighted by molar-refractivity contribution is 8.04. The average Bonchev–Trinajstić information content (AvgIpc) is 3.39. The molecule has 4 rings (SSSR count). The second kappa shape index (κ2) is 8.71. The van der Waals surface area contributed by atoms with Crippen molar-refractivity contribution < 1.29 is 23.8 Å². The monoisotopic (exact) mass is 454 g/mol. The number of fused-ring (bicyclic) bond motifs is 1. The van der Waals surface area contributed by atoms with E-state index in [2.05, 4.69) is 9.97 Å². The van der Waals surface area contributed by atoms with Gasteiger partial charge in [-0.2, -0.15) is 0 Å². The maximum atomic E-state index is 11.9. The lowest BCUT2D eigenvalue weighted by molar-refractivity contribution is -0.131. The van der Waals surface area contributed by atoms with Crippen LogP contribution in [0.3, 0.4) is 0 Å². The van der Waals surface area contributed by atoms with Crippen LogP contribution in [0.15, 0.2) is 69.1 Å². The van der Waals surface area contributed by atoms with Gasteiger partial charge in [0.1, 0.15) is 16.4 Å². The van der Waals surface area contributed by atoms with Crippen molar-refractivity contribution in [1.29, 1.82) is 0 Å². The summed E-state index contributed by atoms with van der Waals surface area (Å²) >= 11 is 7.04. The number of rotatable bonds is 6. The number of hydrogen-bond donors (Lipinski definition) is 2. The molecular weight excluding hydrogens is 440 g/mol. The SMILES string of the molecule is COC(=O)c1cc(-c2ccc(/C=C(\Sc3nc4ccccc4[nH]3)C(=O)O)o2)ccc1Cl. The zero-order chi connectivity index (χ0) is 22.0. The number of esters is 1. The molecule has 31 heavy (non-hydrogen) atoms. The van der Waals surface area contributed by atoms with Crippen LogP contribution in [0.4, 0.5) is 0 Å². The van der Waals surface area contributed by atoms with Crippen molar-refractivity contribution in [2.45, 2.75) is 5.16 Å². The molecule has 0 aliphatic rings. The Bertz CT molecular complexity index is 1290. The van der Waals surface area contributed by atoms with Crippen molar-refractivity contribution >= 4 is 52.4 Å². The predicted octanol–water partition coefficient (Wildman–Crippen LogP) is 5.48. The molecule has 0 amide bonds. The van der Waals surface area contributed by atoms with Crippen LogP contribution in [0.25, 0.3) is 28.4 Å². The van der Waals surface area contributed by atoms with Crippen molar-refractivity contribution in [3.63, 3.8) is 0 Å². The average molecular weight is 455 g/mol. The maximum absolute atomic E-state index is 11.9. The van der Waals surface area contributed by atoms with Crippen LogP contribution in [0.5, 0.6) is 0 Å². The molecule has 2 aromatic carbocycles. The summed E-state index contributed by atoms with van der Waals surface area (Å²) in [5.74, 6) is -0.881. The third-order valence-electron chi connectivity index (χ3n) is 4.34. The van der Waals surface area contributed by atoms with Crippen molar-refractivity contribution in [2.24, 2.45) is 0 Å². The first-order valence-electron chi connectivity index (χ1n) is 9.00. The summed E-state index contributed by atoms with van der Waals surface area (Å²) in [4.78, 5) is 31.1. The van der Waals surface area contributed by atoms with E-state index >= 15 is 0 Å². The number of nitrogens with one attached hydrogen (secondary N) is 1. The summed E-state index contributed by atoms with van der Waals surface area (Å²) in [5, 5.41) is 10.3. The number of carboxylic acid groups (broad SMARTS) is 1. The molecule has 0 saturated carbocycles. The third kappa shape index (κ3) is 4.50. The highest BCUT2D eigenvalue weighted by Crippen LogP contribution is 2.31. The first-order chi connectivity index (χ1) is 14.9. The fraction of sp³-hybridized carbons (Fsp3) is 0.0455. The van der Waals surface area contributed by atoms with E-state index in [1.54, 1.807) is 30.3 Å². The number of para-hydroxylation sites is 2. The van der Waals surface area contributed by atoms with E-state index in [1.807, 2.05) is 24.3 Å². The van der Waals surface area contributed by atoms with Gasteiger partial charge in [-0.3, -0.25) is 0 Å². The molecule has 7 nitrogen and oxygen atoms in total. The number of ether oxygens (including phenoxy) is 1. The highest BCUT2D eigenvalue weighted by Gasteiger charge is 2.16. The Morgan fingerprint density at radius 1 is 1.19 bits per heavy atom. The summed E-state index contributed by atoms with van der Waals surface area (Å²) < 4.78 is 10.5. The molecule has 0 spiro atoms. The number of thioether (sulfide) groups is 1. The molecule has 9 heteroatoms. The van der Waals surface area contributed by atoms with Crippen LogP contribution in [0.2, 0.25) is 5.02 Å². The molecule has 4 aromatic rings. The number of methoxy groups -OCH3 is 1. The first-order valence-corrected chi connectivity index (χ1v) is 10.2. The fourth-order valence-electron chi connectivity index (χ4n) is 2.88. The van der Waals surface area contributed by atoms with Crippen molar-refractivity contribution in [1.82, 2.24) is 9.97 Å². The quantitative estimate of drug-likeness (QED) is 0.226. The van der Waals surface area contributed by atoms with E-state index < -0.39 is 11.9 Å². The van der Waals surface area contributed by atoms with Gasteiger partial charge in [0.2, 0.25) is 0 Å². The number of aromatic nitrogens is 2. The van der Waals surface area contributed by atoms with Gasteiger partial charge in [0.05, 0.1) is 28.7 Å². The van der Waals surface area contributed by atoms with Gasteiger partial charge in [-0.1, -0.05) is 23.7 Å². The zero-order valence-electron chi connectivity index (χ0n) is 16.1. The molecule has 2 heterocycles. The van der Waals surface area contributed by atoms with Crippen molar-refractivity contribution in [3.8, 4) is 11.3 Å². The second-order valence-electron chi connectivity index (χ2n) is 6.36. The van der Waals surface area contributed by atoms with Gasteiger partial charge in [0.15, 0.2) is 5.16 Å². The minimum Gasteiger partial charge on any atom is -0.477 e. The standard InChI is InChI=1S/C22H15ClN2O5S/c1-29-21(28)14-10-12(6-8-15(14)23)18-9-7-13(30-18)11-19(20(26)27)31-22-24-16-4-2-3-5-17(16)25-22/h2-11H,1H3,(H,24,25)(H,26,27)/b19-11-. The van der Waals surface area contributed by atoms with E-state index in [0.717, 1.165) is 22.8 Å². The van der Waals surface area contributed by atoms with E-state index in [-0.39, 0.29) is 15.5 Å². The minimum atomic E-state index is -1.11. The van der Waals surface area contributed by atoms with E-state index in [0.29, 0.717) is 22.2 Å². The van der Waals surface area contributed by atoms with E-state index in [1.165, 1.54) is 13.2 Å². The Balaban J connectivity index is 1.62. The molecule has 2 N–H and O–H groups in total. The Morgan fingerprint density at radius 3 is 2.74 bits per heavy atom. The number of H-pyrrole nitrogens is 1. The number of furan rings is 1. The highest BCUT2D eigenvalue weighted by atomic mass is 35.5. The molecule has 2 aromatic heterocycles. The van der Waals surface area contributed by atoms with Gasteiger partial charge < -0.3 is 19.2 Å². The number of carbonyl (C=O) groups is 2. The molecule has 0 radical (unpaired) electrons. The van der Waals surface area contributed by atoms with Gasteiger partial charge >= 0.3 is 11.9 Å². The zero-order valence-corrected chi connectivity index (χ0v) is 17.7. The number of benzene rings is 2. The first kappa shape index (κ1) is 20.8. The molecule has 0 saturated heterocycles. The summed E-state index contributed by atoms with van der Waals surface area (Å²) in [5.41, 5.74) is 2.38. The predicted molar refractivity (Wildman–Crippen MR) is 118 cm³/mol.